The van der Waals surface area contributed by atoms with Crippen molar-refractivity contribution >= 4 is 11.8 Å². The molecule has 1 saturated carbocycles. The molecule has 3 atom stereocenters. The van der Waals surface area contributed by atoms with Gasteiger partial charge in [0.05, 0.1) is 0 Å². The minimum absolute atomic E-state index is 0.0261. The number of rotatable bonds is 3. The van der Waals surface area contributed by atoms with Crippen molar-refractivity contribution in [3.63, 3.8) is 0 Å². The molecule has 1 aliphatic heterocycles. The maximum Gasteiger partial charge on any atom is 0.245 e. The lowest BCUT2D eigenvalue weighted by Gasteiger charge is -2.37. The van der Waals surface area contributed by atoms with Crippen LogP contribution in [-0.4, -0.2) is 35.3 Å². The van der Waals surface area contributed by atoms with Crippen LogP contribution in [0.15, 0.2) is 0 Å². The number of carbonyl (C=O) groups is 2. The Morgan fingerprint density at radius 1 is 1.32 bits per heavy atom. The van der Waals surface area contributed by atoms with Crippen LogP contribution in [0, 0.1) is 5.92 Å². The van der Waals surface area contributed by atoms with Crippen molar-refractivity contribution in [2.75, 3.05) is 6.54 Å². The average Bonchev–Trinajstić information content (AvgIpc) is 2.51. The van der Waals surface area contributed by atoms with Crippen molar-refractivity contribution < 1.29 is 9.59 Å². The lowest BCUT2D eigenvalue weighted by Crippen LogP contribution is -2.49. The van der Waals surface area contributed by atoms with Gasteiger partial charge in [0.15, 0.2) is 0 Å². The van der Waals surface area contributed by atoms with Crippen LogP contribution in [0.25, 0.3) is 0 Å². The first kappa shape index (κ1) is 14.4. The number of hydrogen-bond acceptors (Lipinski definition) is 2. The maximum absolute atomic E-state index is 12.6. The fraction of sp³-hybridized carbons (Fsp3) is 0.867. The van der Waals surface area contributed by atoms with Gasteiger partial charge < -0.3 is 10.2 Å². The fourth-order valence-corrected chi connectivity index (χ4v) is 3.39. The van der Waals surface area contributed by atoms with Gasteiger partial charge in [-0.15, -0.1) is 0 Å². The molecule has 0 aromatic carbocycles. The molecule has 0 spiro atoms. The average molecular weight is 266 g/mol. The maximum atomic E-state index is 12.6. The predicted octanol–water partition coefficient (Wildman–Crippen LogP) is 2.08. The standard InChI is InChI=1S/C15H26N2O2/c1-3-5-13-15(19)17(9-8-14(18)16-13)12-7-4-6-11(2)10-12/h11-13H,3-10H2,1-2H3,(H,16,18). The molecule has 2 aliphatic rings. The van der Waals surface area contributed by atoms with E-state index < -0.39 is 0 Å². The van der Waals surface area contributed by atoms with Crippen molar-refractivity contribution in [2.24, 2.45) is 5.92 Å². The molecule has 3 unspecified atom stereocenters. The highest BCUT2D eigenvalue weighted by Gasteiger charge is 2.34. The molecular weight excluding hydrogens is 240 g/mol. The van der Waals surface area contributed by atoms with Crippen LogP contribution in [-0.2, 0) is 9.59 Å². The van der Waals surface area contributed by atoms with Gasteiger partial charge in [0.1, 0.15) is 6.04 Å². The summed E-state index contributed by atoms with van der Waals surface area (Å²) in [6.45, 7) is 4.92. The first-order valence-corrected chi connectivity index (χ1v) is 7.71. The zero-order valence-corrected chi connectivity index (χ0v) is 12.2. The van der Waals surface area contributed by atoms with Crippen molar-refractivity contribution in [3.8, 4) is 0 Å². The minimum Gasteiger partial charge on any atom is -0.344 e. The summed E-state index contributed by atoms with van der Waals surface area (Å²) in [7, 11) is 0. The van der Waals surface area contributed by atoms with E-state index in [1.807, 2.05) is 4.90 Å². The number of amides is 2. The monoisotopic (exact) mass is 266 g/mol. The molecule has 0 aromatic rings. The number of nitrogens with zero attached hydrogens (tertiary/aromatic N) is 1. The highest BCUT2D eigenvalue weighted by atomic mass is 16.2. The van der Waals surface area contributed by atoms with Crippen molar-refractivity contribution in [1.82, 2.24) is 10.2 Å². The van der Waals surface area contributed by atoms with E-state index in [4.69, 9.17) is 0 Å². The molecular formula is C15H26N2O2. The van der Waals surface area contributed by atoms with Gasteiger partial charge in [-0.2, -0.15) is 0 Å². The topological polar surface area (TPSA) is 49.4 Å². The van der Waals surface area contributed by atoms with E-state index >= 15 is 0 Å². The molecule has 2 rings (SSSR count). The van der Waals surface area contributed by atoms with Crippen LogP contribution < -0.4 is 5.32 Å². The Hall–Kier alpha value is -1.06. The molecule has 108 valence electrons. The van der Waals surface area contributed by atoms with Gasteiger partial charge in [0.25, 0.3) is 0 Å². The third-order valence-corrected chi connectivity index (χ3v) is 4.42. The highest BCUT2D eigenvalue weighted by Crippen LogP contribution is 2.28. The van der Waals surface area contributed by atoms with Gasteiger partial charge in [-0.1, -0.05) is 33.1 Å². The molecule has 0 radical (unpaired) electrons. The first-order valence-electron chi connectivity index (χ1n) is 7.71. The van der Waals surface area contributed by atoms with Crippen LogP contribution >= 0.6 is 0 Å². The van der Waals surface area contributed by atoms with E-state index in [1.54, 1.807) is 0 Å². The number of nitrogens with one attached hydrogen (secondary N) is 1. The fourth-order valence-electron chi connectivity index (χ4n) is 3.39. The van der Waals surface area contributed by atoms with E-state index in [2.05, 4.69) is 19.2 Å². The van der Waals surface area contributed by atoms with Crippen LogP contribution in [0.5, 0.6) is 0 Å². The lowest BCUT2D eigenvalue weighted by atomic mass is 9.86. The van der Waals surface area contributed by atoms with Crippen molar-refractivity contribution in [1.29, 1.82) is 0 Å². The number of carbonyl (C=O) groups excluding carboxylic acids is 2. The van der Waals surface area contributed by atoms with Gasteiger partial charge in [0, 0.05) is 19.0 Å². The Morgan fingerprint density at radius 2 is 2.11 bits per heavy atom. The summed E-state index contributed by atoms with van der Waals surface area (Å²) in [4.78, 5) is 26.3. The smallest absolute Gasteiger partial charge is 0.245 e. The van der Waals surface area contributed by atoms with E-state index in [0.717, 1.165) is 25.7 Å². The SMILES string of the molecule is CCCC1NC(=O)CCN(C2CCCC(C)C2)C1=O. The molecule has 2 fully saturated rings. The Morgan fingerprint density at radius 3 is 2.79 bits per heavy atom. The lowest BCUT2D eigenvalue weighted by molar-refractivity contribution is -0.136. The zero-order valence-electron chi connectivity index (χ0n) is 12.2. The summed E-state index contributed by atoms with van der Waals surface area (Å²) < 4.78 is 0. The molecule has 4 heteroatoms. The van der Waals surface area contributed by atoms with E-state index in [0.29, 0.717) is 24.9 Å². The summed E-state index contributed by atoms with van der Waals surface area (Å²) in [6.07, 6.45) is 6.80. The Balaban J connectivity index is 2.08. The second kappa shape index (κ2) is 6.40. The largest absolute Gasteiger partial charge is 0.344 e. The van der Waals surface area contributed by atoms with Crippen LogP contribution in [0.3, 0.4) is 0 Å². The molecule has 1 N–H and O–H groups in total. The van der Waals surface area contributed by atoms with Crippen LogP contribution in [0.2, 0.25) is 0 Å². The molecule has 1 heterocycles. The quantitative estimate of drug-likeness (QED) is 0.850. The Kier molecular flexibility index (Phi) is 4.83. The molecule has 0 aromatic heterocycles. The van der Waals surface area contributed by atoms with Gasteiger partial charge in [-0.05, 0) is 25.2 Å². The van der Waals surface area contributed by atoms with Crippen molar-refractivity contribution in [2.45, 2.75) is 70.9 Å². The first-order chi connectivity index (χ1) is 9.11. The second-order valence-electron chi connectivity index (χ2n) is 6.12. The summed E-state index contributed by atoms with van der Waals surface area (Å²) in [6, 6.07) is 0.0561. The summed E-state index contributed by atoms with van der Waals surface area (Å²) >= 11 is 0. The van der Waals surface area contributed by atoms with Gasteiger partial charge in [0.2, 0.25) is 11.8 Å². The van der Waals surface area contributed by atoms with Crippen LogP contribution in [0.4, 0.5) is 0 Å². The third-order valence-electron chi connectivity index (χ3n) is 4.42. The van der Waals surface area contributed by atoms with Gasteiger partial charge in [-0.3, -0.25) is 9.59 Å². The minimum atomic E-state index is -0.294. The molecule has 0 bridgehead atoms. The summed E-state index contributed by atoms with van der Waals surface area (Å²) in [5.41, 5.74) is 0. The van der Waals surface area contributed by atoms with E-state index in [1.165, 1.54) is 12.8 Å². The molecule has 1 aliphatic carbocycles. The third kappa shape index (κ3) is 3.48. The molecule has 2 amide bonds. The molecule has 19 heavy (non-hydrogen) atoms. The highest BCUT2D eigenvalue weighted by molar-refractivity contribution is 5.90. The van der Waals surface area contributed by atoms with Gasteiger partial charge in [-0.25, -0.2) is 0 Å². The summed E-state index contributed by atoms with van der Waals surface area (Å²) in [5, 5.41) is 2.88. The zero-order chi connectivity index (χ0) is 13.8. The van der Waals surface area contributed by atoms with E-state index in [-0.39, 0.29) is 17.9 Å². The predicted molar refractivity (Wildman–Crippen MR) is 74.6 cm³/mol. The Labute approximate surface area is 115 Å². The number of hydrogen-bond donors (Lipinski definition) is 1. The normalized spacial score (nSPS) is 32.9. The van der Waals surface area contributed by atoms with E-state index in [9.17, 15) is 9.59 Å². The second-order valence-corrected chi connectivity index (χ2v) is 6.12. The Bertz CT molecular complexity index is 343. The van der Waals surface area contributed by atoms with Crippen LogP contribution in [0.1, 0.15) is 58.8 Å². The molecule has 4 nitrogen and oxygen atoms in total. The summed E-state index contributed by atoms with van der Waals surface area (Å²) in [5.74, 6) is 0.869. The van der Waals surface area contributed by atoms with Crippen molar-refractivity contribution in [3.05, 3.63) is 0 Å². The molecule has 1 saturated heterocycles. The van der Waals surface area contributed by atoms with Gasteiger partial charge >= 0.3 is 0 Å².